The summed E-state index contributed by atoms with van der Waals surface area (Å²) in [5.74, 6) is 5.42. The van der Waals surface area contributed by atoms with E-state index in [9.17, 15) is 0 Å². The number of nitrogens with two attached hydrogens (primary N) is 1. The van der Waals surface area contributed by atoms with E-state index in [2.05, 4.69) is 5.43 Å². The van der Waals surface area contributed by atoms with Crippen LogP contribution in [0.25, 0.3) is 0 Å². The van der Waals surface area contributed by atoms with Gasteiger partial charge in [0.05, 0.1) is 25.9 Å². The van der Waals surface area contributed by atoms with Crippen molar-refractivity contribution >= 4 is 11.3 Å². The van der Waals surface area contributed by atoms with Gasteiger partial charge in [-0.1, -0.05) is 6.07 Å². The lowest BCUT2D eigenvalue weighted by atomic mass is 10.3. The predicted molar refractivity (Wildman–Crippen MR) is 57.1 cm³/mol. The molecule has 14 heavy (non-hydrogen) atoms. The summed E-state index contributed by atoms with van der Waals surface area (Å²) in [7, 11) is 1.65. The summed E-state index contributed by atoms with van der Waals surface area (Å²) >= 11 is 1.67. The van der Waals surface area contributed by atoms with Crippen molar-refractivity contribution in [1.82, 2.24) is 5.43 Å². The Morgan fingerprint density at radius 3 is 3.00 bits per heavy atom. The fourth-order valence-corrected chi connectivity index (χ4v) is 1.82. The Balaban J connectivity index is 2.26. The molecule has 0 fully saturated rings. The summed E-state index contributed by atoms with van der Waals surface area (Å²) in [5, 5.41) is 2.02. The van der Waals surface area contributed by atoms with Crippen LogP contribution in [0.4, 0.5) is 0 Å². The zero-order valence-corrected chi connectivity index (χ0v) is 9.05. The van der Waals surface area contributed by atoms with Crippen molar-refractivity contribution in [2.45, 2.75) is 6.04 Å². The first kappa shape index (κ1) is 11.6. The molecule has 1 heterocycles. The van der Waals surface area contributed by atoms with E-state index in [1.165, 1.54) is 4.88 Å². The summed E-state index contributed by atoms with van der Waals surface area (Å²) in [4.78, 5) is 1.19. The second-order valence-electron chi connectivity index (χ2n) is 2.80. The Morgan fingerprint density at radius 1 is 1.57 bits per heavy atom. The van der Waals surface area contributed by atoms with Crippen molar-refractivity contribution in [3.63, 3.8) is 0 Å². The van der Waals surface area contributed by atoms with Crippen LogP contribution in [0.3, 0.4) is 0 Å². The van der Waals surface area contributed by atoms with Crippen molar-refractivity contribution in [3.8, 4) is 0 Å². The summed E-state index contributed by atoms with van der Waals surface area (Å²) < 4.78 is 10.3. The van der Waals surface area contributed by atoms with Crippen LogP contribution >= 0.6 is 11.3 Å². The van der Waals surface area contributed by atoms with Crippen molar-refractivity contribution in [2.75, 3.05) is 26.9 Å². The highest BCUT2D eigenvalue weighted by molar-refractivity contribution is 7.10. The Kier molecular flexibility index (Phi) is 5.74. The zero-order valence-electron chi connectivity index (χ0n) is 8.23. The predicted octanol–water partition coefficient (Wildman–Crippen LogP) is 0.916. The fourth-order valence-electron chi connectivity index (χ4n) is 1.05. The van der Waals surface area contributed by atoms with Crippen LogP contribution < -0.4 is 11.3 Å². The highest BCUT2D eigenvalue weighted by atomic mass is 32.1. The Bertz CT molecular complexity index is 229. The van der Waals surface area contributed by atoms with Gasteiger partial charge in [0.1, 0.15) is 0 Å². The molecule has 0 aliphatic carbocycles. The maximum absolute atomic E-state index is 5.42. The van der Waals surface area contributed by atoms with Gasteiger partial charge in [0, 0.05) is 12.0 Å². The first-order valence-corrected chi connectivity index (χ1v) is 5.32. The minimum absolute atomic E-state index is 0.0758. The minimum atomic E-state index is 0.0758. The number of ether oxygens (including phenoxy) is 2. The Labute approximate surface area is 88.0 Å². The highest BCUT2D eigenvalue weighted by Crippen LogP contribution is 2.18. The molecule has 5 heteroatoms. The quantitative estimate of drug-likeness (QED) is 0.404. The Hall–Kier alpha value is -0.460. The molecule has 4 nitrogen and oxygen atoms in total. The van der Waals surface area contributed by atoms with Gasteiger partial charge >= 0.3 is 0 Å². The van der Waals surface area contributed by atoms with Crippen LogP contribution in [0.5, 0.6) is 0 Å². The van der Waals surface area contributed by atoms with E-state index >= 15 is 0 Å². The van der Waals surface area contributed by atoms with E-state index in [1.54, 1.807) is 18.4 Å². The van der Waals surface area contributed by atoms with Gasteiger partial charge in [0.15, 0.2) is 0 Å². The summed E-state index contributed by atoms with van der Waals surface area (Å²) in [6.07, 6.45) is 0. The van der Waals surface area contributed by atoms with E-state index in [0.717, 1.165) is 0 Å². The third kappa shape index (κ3) is 3.73. The van der Waals surface area contributed by atoms with Gasteiger partial charge in [-0.15, -0.1) is 11.3 Å². The van der Waals surface area contributed by atoms with Crippen LogP contribution in [0.1, 0.15) is 10.9 Å². The summed E-state index contributed by atoms with van der Waals surface area (Å²) in [5.41, 5.74) is 2.73. The molecule has 0 saturated heterocycles. The summed E-state index contributed by atoms with van der Waals surface area (Å²) in [6, 6.07) is 4.11. The van der Waals surface area contributed by atoms with Crippen molar-refractivity contribution in [1.29, 1.82) is 0 Å². The lowest BCUT2D eigenvalue weighted by Crippen LogP contribution is -2.31. The van der Waals surface area contributed by atoms with Crippen LogP contribution in [-0.2, 0) is 9.47 Å². The molecular weight excluding hydrogens is 200 g/mol. The minimum Gasteiger partial charge on any atom is -0.382 e. The van der Waals surface area contributed by atoms with E-state index in [4.69, 9.17) is 15.3 Å². The van der Waals surface area contributed by atoms with Crippen LogP contribution in [0.15, 0.2) is 17.5 Å². The smallest absolute Gasteiger partial charge is 0.0786 e. The maximum Gasteiger partial charge on any atom is 0.0786 e. The molecule has 0 aliphatic heterocycles. The number of methoxy groups -OCH3 is 1. The molecule has 0 aromatic carbocycles. The molecule has 0 bridgehead atoms. The highest BCUT2D eigenvalue weighted by Gasteiger charge is 2.09. The molecule has 1 rings (SSSR count). The maximum atomic E-state index is 5.42. The number of hydrogen-bond donors (Lipinski definition) is 2. The topological polar surface area (TPSA) is 56.5 Å². The molecule has 1 unspecified atom stereocenters. The van der Waals surface area contributed by atoms with Crippen LogP contribution in [0, 0.1) is 0 Å². The van der Waals surface area contributed by atoms with E-state index < -0.39 is 0 Å². The number of rotatable bonds is 7. The van der Waals surface area contributed by atoms with Gasteiger partial charge in [-0.05, 0) is 11.4 Å². The third-order valence-corrected chi connectivity index (χ3v) is 2.79. The van der Waals surface area contributed by atoms with Gasteiger partial charge in [-0.25, -0.2) is 5.43 Å². The zero-order chi connectivity index (χ0) is 10.2. The van der Waals surface area contributed by atoms with Crippen LogP contribution in [0.2, 0.25) is 0 Å². The second kappa shape index (κ2) is 6.92. The average molecular weight is 216 g/mol. The van der Waals surface area contributed by atoms with Gasteiger partial charge in [0.25, 0.3) is 0 Å². The molecule has 0 aliphatic rings. The van der Waals surface area contributed by atoms with Gasteiger partial charge in [0.2, 0.25) is 0 Å². The number of nitrogens with one attached hydrogen (secondary N) is 1. The second-order valence-corrected chi connectivity index (χ2v) is 3.78. The number of hydrazine groups is 1. The van der Waals surface area contributed by atoms with E-state index in [1.807, 2.05) is 17.5 Å². The molecule has 0 saturated carbocycles. The first-order chi connectivity index (χ1) is 6.88. The van der Waals surface area contributed by atoms with Crippen molar-refractivity contribution < 1.29 is 9.47 Å². The first-order valence-electron chi connectivity index (χ1n) is 4.44. The van der Waals surface area contributed by atoms with Crippen molar-refractivity contribution in [2.24, 2.45) is 5.84 Å². The SMILES string of the molecule is COCCOCC(NN)c1cccs1. The molecule has 1 aromatic heterocycles. The normalized spacial score (nSPS) is 13.0. The lowest BCUT2D eigenvalue weighted by molar-refractivity contribution is 0.0590. The molecule has 1 aromatic rings. The number of hydrogen-bond acceptors (Lipinski definition) is 5. The van der Waals surface area contributed by atoms with E-state index in [-0.39, 0.29) is 6.04 Å². The average Bonchev–Trinajstić information content (AvgIpc) is 2.71. The van der Waals surface area contributed by atoms with E-state index in [0.29, 0.717) is 19.8 Å². The molecule has 3 N–H and O–H groups in total. The molecule has 0 spiro atoms. The number of thiophene rings is 1. The Morgan fingerprint density at radius 2 is 2.43 bits per heavy atom. The van der Waals surface area contributed by atoms with Gasteiger partial charge < -0.3 is 9.47 Å². The molecular formula is C9H16N2O2S. The van der Waals surface area contributed by atoms with Crippen molar-refractivity contribution in [3.05, 3.63) is 22.4 Å². The lowest BCUT2D eigenvalue weighted by Gasteiger charge is -2.14. The molecule has 80 valence electrons. The standard InChI is InChI=1S/C9H16N2O2S/c1-12-4-5-13-7-8(11-10)9-3-2-6-14-9/h2-3,6,8,11H,4-5,7,10H2,1H3. The molecule has 0 amide bonds. The van der Waals surface area contributed by atoms with Gasteiger partial charge in [-0.3, -0.25) is 5.84 Å². The molecule has 0 radical (unpaired) electrons. The monoisotopic (exact) mass is 216 g/mol. The van der Waals surface area contributed by atoms with Crippen LogP contribution in [-0.4, -0.2) is 26.9 Å². The largest absolute Gasteiger partial charge is 0.382 e. The van der Waals surface area contributed by atoms with Gasteiger partial charge in [-0.2, -0.15) is 0 Å². The molecule has 1 atom stereocenters. The third-order valence-electron chi connectivity index (χ3n) is 1.80. The summed E-state index contributed by atoms with van der Waals surface area (Å²) in [6.45, 7) is 1.78. The fraction of sp³-hybridized carbons (Fsp3) is 0.556.